The van der Waals surface area contributed by atoms with Gasteiger partial charge < -0.3 is 10.1 Å². The Morgan fingerprint density at radius 1 is 1.26 bits per heavy atom. The quantitative estimate of drug-likeness (QED) is 0.769. The molecule has 1 aromatic carbocycles. The summed E-state index contributed by atoms with van der Waals surface area (Å²) in [6, 6.07) is 9.84. The van der Waals surface area contributed by atoms with Crippen LogP contribution in [0.4, 0.5) is 5.13 Å². The fraction of sp³-hybridized carbons (Fsp3) is 0.412. The Morgan fingerprint density at radius 2 is 2.00 bits per heavy atom. The van der Waals surface area contributed by atoms with E-state index in [4.69, 9.17) is 4.74 Å². The molecule has 3 rings (SSSR count). The van der Waals surface area contributed by atoms with Crippen molar-refractivity contribution in [2.24, 2.45) is 0 Å². The van der Waals surface area contributed by atoms with Crippen LogP contribution in [0.1, 0.15) is 33.4 Å². The van der Waals surface area contributed by atoms with E-state index in [-0.39, 0.29) is 11.5 Å². The third-order valence-corrected chi connectivity index (χ3v) is 4.31. The van der Waals surface area contributed by atoms with Crippen molar-refractivity contribution in [3.8, 4) is 5.75 Å². The molecule has 2 aromatic heterocycles. The van der Waals surface area contributed by atoms with Gasteiger partial charge >= 0.3 is 0 Å². The highest BCUT2D eigenvalue weighted by Gasteiger charge is 2.19. The predicted molar refractivity (Wildman–Crippen MR) is 94.6 cm³/mol. The van der Waals surface area contributed by atoms with Crippen molar-refractivity contribution in [2.75, 3.05) is 11.9 Å². The molecule has 0 aliphatic carbocycles. The zero-order valence-corrected chi connectivity index (χ0v) is 14.7. The maximum absolute atomic E-state index is 5.85. The number of nitrogens with zero attached hydrogens (tertiary/aromatic N) is 3. The van der Waals surface area contributed by atoms with Gasteiger partial charge in [0.05, 0.1) is 18.4 Å². The lowest BCUT2D eigenvalue weighted by molar-refractivity contribution is 0.234. The first kappa shape index (κ1) is 15.8. The number of anilines is 1. The van der Waals surface area contributed by atoms with Crippen LogP contribution in [0, 0.1) is 0 Å². The van der Waals surface area contributed by atoms with Crippen molar-refractivity contribution in [1.82, 2.24) is 14.6 Å². The second-order valence-electron chi connectivity index (χ2n) is 6.63. The average molecular weight is 330 g/mol. The van der Waals surface area contributed by atoms with Crippen molar-refractivity contribution in [3.05, 3.63) is 42.2 Å². The largest absolute Gasteiger partial charge is 0.489 e. The van der Waals surface area contributed by atoms with Gasteiger partial charge in [-0.25, -0.2) is 9.50 Å². The average Bonchev–Trinajstić information content (AvgIpc) is 3.04. The molecule has 0 bridgehead atoms. The minimum absolute atomic E-state index is 0.0407. The highest BCUT2D eigenvalue weighted by molar-refractivity contribution is 7.20. The van der Waals surface area contributed by atoms with Crippen LogP contribution in [0.25, 0.3) is 4.96 Å². The first-order chi connectivity index (χ1) is 10.9. The number of imidazole rings is 1. The first-order valence-corrected chi connectivity index (χ1v) is 8.56. The van der Waals surface area contributed by atoms with Crippen LogP contribution in [0.3, 0.4) is 0 Å². The number of ether oxygens (including phenoxy) is 1. The normalized spacial score (nSPS) is 13.2. The number of para-hydroxylation sites is 1. The summed E-state index contributed by atoms with van der Waals surface area (Å²) in [4.78, 5) is 5.56. The lowest BCUT2D eigenvalue weighted by Gasteiger charge is -2.15. The zero-order chi connectivity index (χ0) is 16.4. The van der Waals surface area contributed by atoms with Crippen LogP contribution >= 0.6 is 11.3 Å². The number of fused-ring (bicyclic) bond motifs is 1. The van der Waals surface area contributed by atoms with E-state index in [9.17, 15) is 0 Å². The Hall–Kier alpha value is -2.08. The monoisotopic (exact) mass is 330 g/mol. The summed E-state index contributed by atoms with van der Waals surface area (Å²) in [7, 11) is 0. The van der Waals surface area contributed by atoms with Crippen LogP contribution in [-0.2, 0) is 5.41 Å². The maximum Gasteiger partial charge on any atom is 0.214 e. The highest BCUT2D eigenvalue weighted by Crippen LogP contribution is 2.25. The van der Waals surface area contributed by atoms with Crippen molar-refractivity contribution in [3.63, 3.8) is 0 Å². The third-order valence-electron chi connectivity index (χ3n) is 3.43. The third kappa shape index (κ3) is 3.82. The van der Waals surface area contributed by atoms with E-state index in [0.29, 0.717) is 6.54 Å². The summed E-state index contributed by atoms with van der Waals surface area (Å²) in [5.74, 6) is 0.880. The maximum atomic E-state index is 5.85. The van der Waals surface area contributed by atoms with Crippen molar-refractivity contribution in [2.45, 2.75) is 39.2 Å². The molecule has 0 aliphatic rings. The van der Waals surface area contributed by atoms with Gasteiger partial charge in [0.15, 0.2) is 0 Å². The Labute approximate surface area is 140 Å². The molecule has 0 radical (unpaired) electrons. The molecule has 122 valence electrons. The van der Waals surface area contributed by atoms with E-state index in [2.05, 4.69) is 36.2 Å². The van der Waals surface area contributed by atoms with Crippen molar-refractivity contribution < 1.29 is 4.74 Å². The minimum atomic E-state index is 0.0407. The van der Waals surface area contributed by atoms with Gasteiger partial charge in [0.25, 0.3) is 0 Å². The molecule has 0 amide bonds. The zero-order valence-electron chi connectivity index (χ0n) is 13.9. The van der Waals surface area contributed by atoms with Gasteiger partial charge in [-0.1, -0.05) is 50.3 Å². The SMILES string of the molecule is CC(CNc1nn2cc(C(C)(C)C)nc2s1)Oc1ccccc1. The second-order valence-corrected chi connectivity index (χ2v) is 7.59. The topological polar surface area (TPSA) is 51.5 Å². The van der Waals surface area contributed by atoms with Crippen LogP contribution in [-0.4, -0.2) is 27.2 Å². The van der Waals surface area contributed by atoms with Gasteiger partial charge in [0, 0.05) is 5.41 Å². The summed E-state index contributed by atoms with van der Waals surface area (Å²) < 4.78 is 7.69. The number of hydrogen-bond donors (Lipinski definition) is 1. The molecule has 0 fully saturated rings. The van der Waals surface area contributed by atoms with Gasteiger partial charge in [-0.2, -0.15) is 0 Å². The minimum Gasteiger partial charge on any atom is -0.489 e. The fourth-order valence-electron chi connectivity index (χ4n) is 2.14. The van der Waals surface area contributed by atoms with E-state index in [1.54, 1.807) is 11.3 Å². The smallest absolute Gasteiger partial charge is 0.214 e. The second kappa shape index (κ2) is 6.20. The molecule has 2 heterocycles. The Balaban J connectivity index is 1.60. The lowest BCUT2D eigenvalue weighted by atomic mass is 9.93. The molecular weight excluding hydrogens is 308 g/mol. The lowest BCUT2D eigenvalue weighted by Crippen LogP contribution is -2.22. The molecule has 1 unspecified atom stereocenters. The molecule has 0 saturated heterocycles. The molecule has 1 atom stereocenters. The van der Waals surface area contributed by atoms with Gasteiger partial charge in [0.2, 0.25) is 10.1 Å². The van der Waals surface area contributed by atoms with Crippen LogP contribution < -0.4 is 10.1 Å². The summed E-state index contributed by atoms with van der Waals surface area (Å²) in [6.07, 6.45) is 2.06. The van der Waals surface area contributed by atoms with Gasteiger partial charge in [-0.15, -0.1) is 5.10 Å². The number of hydrogen-bond acceptors (Lipinski definition) is 5. The van der Waals surface area contributed by atoms with Gasteiger partial charge in [-0.05, 0) is 19.1 Å². The Morgan fingerprint density at radius 3 is 2.65 bits per heavy atom. The summed E-state index contributed by atoms with van der Waals surface area (Å²) in [5.41, 5.74) is 1.10. The Kier molecular flexibility index (Phi) is 4.26. The van der Waals surface area contributed by atoms with Gasteiger partial charge in [0.1, 0.15) is 11.9 Å². The van der Waals surface area contributed by atoms with Crippen molar-refractivity contribution in [1.29, 1.82) is 0 Å². The molecule has 3 aromatic rings. The summed E-state index contributed by atoms with van der Waals surface area (Å²) >= 11 is 1.56. The van der Waals surface area contributed by atoms with Crippen LogP contribution in [0.15, 0.2) is 36.5 Å². The predicted octanol–water partition coefficient (Wildman–Crippen LogP) is 3.97. The van der Waals surface area contributed by atoms with Crippen LogP contribution in [0.5, 0.6) is 5.75 Å². The van der Waals surface area contributed by atoms with E-state index >= 15 is 0 Å². The summed E-state index contributed by atoms with van der Waals surface area (Å²) in [6.45, 7) is 9.19. The van der Waals surface area contributed by atoms with E-state index in [1.807, 2.05) is 48.0 Å². The van der Waals surface area contributed by atoms with Gasteiger partial charge in [-0.3, -0.25) is 0 Å². The molecule has 1 N–H and O–H groups in total. The molecule has 0 spiro atoms. The number of benzene rings is 1. The molecule has 23 heavy (non-hydrogen) atoms. The molecular formula is C17H22N4OS. The molecule has 0 saturated carbocycles. The van der Waals surface area contributed by atoms with E-state index in [0.717, 1.165) is 21.5 Å². The standard InChI is InChI=1S/C17H22N4OS/c1-12(22-13-8-6-5-7-9-13)10-18-15-20-21-11-14(17(2,3)4)19-16(21)23-15/h5-9,11-12H,10H2,1-4H3,(H,18,20). The first-order valence-electron chi connectivity index (χ1n) is 7.74. The van der Waals surface area contributed by atoms with Crippen molar-refractivity contribution >= 4 is 21.4 Å². The number of nitrogens with one attached hydrogen (secondary N) is 1. The number of aromatic nitrogens is 3. The summed E-state index contributed by atoms with van der Waals surface area (Å²) in [5, 5.41) is 8.71. The Bertz CT molecular complexity index is 741. The fourth-order valence-corrected chi connectivity index (χ4v) is 2.93. The van der Waals surface area contributed by atoms with Crippen LogP contribution in [0.2, 0.25) is 0 Å². The number of rotatable bonds is 5. The van der Waals surface area contributed by atoms with E-state index < -0.39 is 0 Å². The molecule has 6 heteroatoms. The van der Waals surface area contributed by atoms with E-state index in [1.165, 1.54) is 0 Å². The molecule has 0 aliphatic heterocycles. The molecule has 5 nitrogen and oxygen atoms in total. The highest BCUT2D eigenvalue weighted by atomic mass is 32.1.